The molecule has 0 aliphatic heterocycles. The zero-order valence-electron chi connectivity index (χ0n) is 19.5. The molecule has 0 rings (SSSR count). The van der Waals surface area contributed by atoms with Gasteiger partial charge in [-0.05, 0) is 78.7 Å². The molecule has 166 valence electrons. The number of aldehydes is 1. The standard InChI is InChI=1S/C24H42O3P2/c1-8-18(2)12-9-13-19(3)14-10-15-20(4)22(27-29-28)21(5)23(26)24(6,7)16-11-17-25/h8,11,13,16-17,20-22,29H,9-10,12,14-15,28H2,1-7H3/b16-11+,18-8+,19-13-. The van der Waals surface area contributed by atoms with E-state index in [4.69, 9.17) is 4.52 Å². The zero-order chi connectivity index (χ0) is 22.4. The van der Waals surface area contributed by atoms with Crippen LogP contribution in [0.1, 0.15) is 80.6 Å². The molecule has 3 nitrogen and oxygen atoms in total. The van der Waals surface area contributed by atoms with Crippen LogP contribution in [0.4, 0.5) is 0 Å². The number of ketones is 1. The first-order valence-electron chi connectivity index (χ1n) is 10.7. The maximum absolute atomic E-state index is 13.0. The summed E-state index contributed by atoms with van der Waals surface area (Å²) in [6.07, 6.45) is 13.7. The van der Waals surface area contributed by atoms with Crippen LogP contribution in [0.25, 0.3) is 0 Å². The highest BCUT2D eigenvalue weighted by atomic mass is 32.0. The molecule has 0 aliphatic carbocycles. The van der Waals surface area contributed by atoms with Crippen molar-refractivity contribution in [3.63, 3.8) is 0 Å². The van der Waals surface area contributed by atoms with Gasteiger partial charge >= 0.3 is 0 Å². The van der Waals surface area contributed by atoms with Gasteiger partial charge in [0.25, 0.3) is 0 Å². The Morgan fingerprint density at radius 2 is 1.83 bits per heavy atom. The smallest absolute Gasteiger partial charge is 0.147 e. The first kappa shape index (κ1) is 28.4. The van der Waals surface area contributed by atoms with E-state index in [1.54, 1.807) is 6.08 Å². The number of carbonyl (C=O) groups excluding carboxylic acids is 2. The Morgan fingerprint density at radius 3 is 2.38 bits per heavy atom. The molecular weight excluding hydrogens is 398 g/mol. The topological polar surface area (TPSA) is 43.4 Å². The number of hydrogen-bond donors (Lipinski definition) is 0. The molecule has 0 bridgehead atoms. The highest BCUT2D eigenvalue weighted by molar-refractivity contribution is 8.00. The number of Topliss-reactive ketones (excluding diaryl/α,β-unsaturated/α-hetero) is 1. The Hall–Kier alpha value is -0.620. The van der Waals surface area contributed by atoms with E-state index in [0.29, 0.717) is 5.92 Å². The van der Waals surface area contributed by atoms with Crippen LogP contribution in [0, 0.1) is 17.3 Å². The van der Waals surface area contributed by atoms with Crippen LogP contribution in [0.15, 0.2) is 35.5 Å². The first-order valence-corrected chi connectivity index (χ1v) is 13.4. The Bertz CT molecular complexity index is 591. The lowest BCUT2D eigenvalue weighted by atomic mass is 9.76. The highest BCUT2D eigenvalue weighted by Gasteiger charge is 2.36. The summed E-state index contributed by atoms with van der Waals surface area (Å²) in [4.78, 5) is 23.7. The van der Waals surface area contributed by atoms with Gasteiger partial charge in [0.1, 0.15) is 12.1 Å². The molecule has 0 heterocycles. The van der Waals surface area contributed by atoms with Gasteiger partial charge in [-0.25, -0.2) is 0 Å². The molecule has 0 aromatic heterocycles. The van der Waals surface area contributed by atoms with Crippen molar-refractivity contribution in [3.8, 4) is 0 Å². The van der Waals surface area contributed by atoms with Gasteiger partial charge in [-0.1, -0.05) is 52.2 Å². The molecule has 0 aliphatic rings. The molecule has 0 aromatic carbocycles. The number of hydrogen-bond acceptors (Lipinski definition) is 3. The van der Waals surface area contributed by atoms with Crippen molar-refractivity contribution >= 4 is 29.5 Å². The maximum atomic E-state index is 13.0. The van der Waals surface area contributed by atoms with E-state index in [-0.39, 0.29) is 26.3 Å². The van der Waals surface area contributed by atoms with Gasteiger partial charge < -0.3 is 4.52 Å². The van der Waals surface area contributed by atoms with Crippen LogP contribution < -0.4 is 0 Å². The molecule has 29 heavy (non-hydrogen) atoms. The number of carbonyl (C=O) groups is 2. The third-order valence-electron chi connectivity index (χ3n) is 5.65. The fourth-order valence-corrected chi connectivity index (χ4v) is 4.61. The number of allylic oxidation sites excluding steroid dienone is 6. The van der Waals surface area contributed by atoms with Crippen molar-refractivity contribution in [2.24, 2.45) is 17.3 Å². The fourth-order valence-electron chi connectivity index (χ4n) is 3.55. The van der Waals surface area contributed by atoms with Gasteiger partial charge in [0.05, 0.1) is 6.10 Å². The van der Waals surface area contributed by atoms with Gasteiger partial charge in [-0.15, -0.1) is 0 Å². The average Bonchev–Trinajstić information content (AvgIpc) is 2.68. The summed E-state index contributed by atoms with van der Waals surface area (Å²) < 4.78 is 6.00. The highest BCUT2D eigenvalue weighted by Crippen LogP contribution is 2.36. The van der Waals surface area contributed by atoms with E-state index < -0.39 is 5.41 Å². The van der Waals surface area contributed by atoms with E-state index in [0.717, 1.165) is 38.4 Å². The molecule has 0 saturated carbocycles. The molecule has 5 heteroatoms. The van der Waals surface area contributed by atoms with Crippen LogP contribution >= 0.6 is 17.4 Å². The Balaban J connectivity index is 4.82. The normalized spacial score (nSPS) is 17.1. The van der Waals surface area contributed by atoms with E-state index in [1.807, 2.05) is 20.8 Å². The Kier molecular flexibility index (Phi) is 14.9. The molecule has 0 N–H and O–H groups in total. The lowest BCUT2D eigenvalue weighted by molar-refractivity contribution is -0.132. The van der Waals surface area contributed by atoms with Crippen molar-refractivity contribution in [3.05, 3.63) is 35.5 Å². The minimum absolute atomic E-state index is 0.108. The van der Waals surface area contributed by atoms with Crippen molar-refractivity contribution in [1.29, 1.82) is 0 Å². The molecular formula is C24H42O3P2. The SMILES string of the molecule is C/C=C(\C)CC/C=C(/C)CCCC(C)C(OPP)C(C)C(=O)C(C)(C)/C=C/C=O. The predicted molar refractivity (Wildman–Crippen MR) is 131 cm³/mol. The van der Waals surface area contributed by atoms with E-state index in [2.05, 4.69) is 48.8 Å². The van der Waals surface area contributed by atoms with Gasteiger partial charge in [0.15, 0.2) is 0 Å². The molecule has 0 amide bonds. The summed E-state index contributed by atoms with van der Waals surface area (Å²) in [6.45, 7) is 14.3. The summed E-state index contributed by atoms with van der Waals surface area (Å²) in [5.74, 6) is 0.196. The van der Waals surface area contributed by atoms with E-state index in [1.165, 1.54) is 17.2 Å². The second-order valence-electron chi connectivity index (χ2n) is 8.66. The van der Waals surface area contributed by atoms with Crippen molar-refractivity contribution in [2.45, 2.75) is 86.7 Å². The minimum atomic E-state index is -0.671. The van der Waals surface area contributed by atoms with Gasteiger partial charge in [0.2, 0.25) is 0 Å². The molecule has 0 radical (unpaired) electrons. The average molecular weight is 441 g/mol. The van der Waals surface area contributed by atoms with E-state index >= 15 is 0 Å². The third-order valence-corrected chi connectivity index (χ3v) is 6.47. The van der Waals surface area contributed by atoms with Crippen LogP contribution in [0.5, 0.6) is 0 Å². The minimum Gasteiger partial charge on any atom is -0.354 e. The molecule has 0 spiro atoms. The summed E-state index contributed by atoms with van der Waals surface area (Å²) in [5, 5.41) is 0. The molecule has 5 atom stereocenters. The maximum Gasteiger partial charge on any atom is 0.147 e. The second kappa shape index (κ2) is 15.2. The quantitative estimate of drug-likeness (QED) is 0.117. The predicted octanol–water partition coefficient (Wildman–Crippen LogP) is 7.24. The van der Waals surface area contributed by atoms with Gasteiger partial charge in [-0.3, -0.25) is 9.59 Å². The number of rotatable bonds is 15. The molecule has 0 aromatic rings. The van der Waals surface area contributed by atoms with Crippen LogP contribution in [-0.4, -0.2) is 18.2 Å². The second-order valence-corrected chi connectivity index (χ2v) is 9.84. The van der Waals surface area contributed by atoms with Crippen LogP contribution in [0.2, 0.25) is 0 Å². The van der Waals surface area contributed by atoms with E-state index in [9.17, 15) is 9.59 Å². The Labute approximate surface area is 183 Å². The largest absolute Gasteiger partial charge is 0.354 e. The summed E-state index contributed by atoms with van der Waals surface area (Å²) >= 11 is 0. The fraction of sp³-hybridized carbons (Fsp3) is 0.667. The zero-order valence-corrected chi connectivity index (χ0v) is 21.6. The van der Waals surface area contributed by atoms with Crippen molar-refractivity contribution in [1.82, 2.24) is 0 Å². The summed E-state index contributed by atoms with van der Waals surface area (Å²) in [7, 11) is 2.89. The lowest BCUT2D eigenvalue weighted by Gasteiger charge is -2.32. The third kappa shape index (κ3) is 11.4. The van der Waals surface area contributed by atoms with Crippen LogP contribution in [0.3, 0.4) is 0 Å². The van der Waals surface area contributed by atoms with Crippen LogP contribution in [-0.2, 0) is 14.1 Å². The summed E-state index contributed by atoms with van der Waals surface area (Å²) in [6, 6.07) is 0. The lowest BCUT2D eigenvalue weighted by Crippen LogP contribution is -2.38. The first-order chi connectivity index (χ1) is 13.6. The van der Waals surface area contributed by atoms with Gasteiger partial charge in [0, 0.05) is 19.8 Å². The monoisotopic (exact) mass is 440 g/mol. The Morgan fingerprint density at radius 1 is 1.17 bits per heavy atom. The molecule has 0 fully saturated rings. The molecule has 5 unspecified atom stereocenters. The van der Waals surface area contributed by atoms with Crippen molar-refractivity contribution < 1.29 is 14.1 Å². The van der Waals surface area contributed by atoms with Gasteiger partial charge in [-0.2, -0.15) is 0 Å². The van der Waals surface area contributed by atoms with Crippen molar-refractivity contribution in [2.75, 3.05) is 0 Å². The summed E-state index contributed by atoms with van der Waals surface area (Å²) in [5.41, 5.74) is 2.21. The molecule has 0 saturated heterocycles.